The van der Waals surface area contributed by atoms with E-state index in [4.69, 9.17) is 9.78 Å². The number of nitriles is 1. The Labute approximate surface area is 205 Å². The van der Waals surface area contributed by atoms with Gasteiger partial charge in [-0.25, -0.2) is 0 Å². The van der Waals surface area contributed by atoms with E-state index in [1.165, 1.54) is 0 Å². The highest BCUT2D eigenvalue weighted by molar-refractivity contribution is 5.95. The van der Waals surface area contributed by atoms with Gasteiger partial charge in [0.2, 0.25) is 0 Å². The summed E-state index contributed by atoms with van der Waals surface area (Å²) in [6.45, 7) is 5.58. The molecule has 4 rings (SSSR count). The molecule has 1 amide bonds. The Bertz CT molecular complexity index is 1330. The Morgan fingerprint density at radius 1 is 1.09 bits per heavy atom. The van der Waals surface area contributed by atoms with E-state index in [9.17, 15) is 4.79 Å². The zero-order valence-electron chi connectivity index (χ0n) is 19.8. The fourth-order valence-corrected chi connectivity index (χ4v) is 3.80. The number of nitrogens with zero attached hydrogens (tertiary/aromatic N) is 4. The molecule has 0 radical (unpaired) electrons. The van der Waals surface area contributed by atoms with Crippen molar-refractivity contribution in [3.63, 3.8) is 0 Å². The summed E-state index contributed by atoms with van der Waals surface area (Å²) in [5, 5.41) is 16.1. The van der Waals surface area contributed by atoms with E-state index in [0.29, 0.717) is 23.4 Å². The molecule has 2 aromatic carbocycles. The van der Waals surface area contributed by atoms with Crippen molar-refractivity contribution >= 4 is 11.6 Å². The Kier molecular flexibility index (Phi) is 7.53. The molecule has 4 aromatic rings. The predicted octanol–water partition coefficient (Wildman–Crippen LogP) is 5.46. The third-order valence-electron chi connectivity index (χ3n) is 5.78. The fourth-order valence-electron chi connectivity index (χ4n) is 3.80. The van der Waals surface area contributed by atoms with Crippen LogP contribution in [0.3, 0.4) is 0 Å². The fraction of sp³-hybridized carbons (Fsp3) is 0.214. The SMILES string of the molecule is CCC(C#N)NC(=O)c1cccc(-c2cc(-c3cccc(CN(CC)c4cccnc4)c3)on2)c1. The number of rotatable bonds is 9. The smallest absolute Gasteiger partial charge is 0.252 e. The molecule has 0 bridgehead atoms. The Morgan fingerprint density at radius 3 is 2.66 bits per heavy atom. The summed E-state index contributed by atoms with van der Waals surface area (Å²) < 4.78 is 5.66. The van der Waals surface area contributed by atoms with Crippen LogP contribution in [0.4, 0.5) is 5.69 Å². The van der Waals surface area contributed by atoms with E-state index >= 15 is 0 Å². The molecule has 0 fully saturated rings. The van der Waals surface area contributed by atoms with Crippen molar-refractivity contribution in [3.8, 4) is 28.7 Å². The van der Waals surface area contributed by atoms with Gasteiger partial charge >= 0.3 is 0 Å². The molecule has 1 atom stereocenters. The molecule has 176 valence electrons. The summed E-state index contributed by atoms with van der Waals surface area (Å²) in [5.41, 5.74) is 5.02. The minimum atomic E-state index is -0.515. The zero-order valence-corrected chi connectivity index (χ0v) is 19.8. The normalized spacial score (nSPS) is 11.5. The van der Waals surface area contributed by atoms with Crippen LogP contribution in [0.1, 0.15) is 36.2 Å². The molecule has 1 unspecified atom stereocenters. The van der Waals surface area contributed by atoms with Crippen LogP contribution < -0.4 is 10.2 Å². The van der Waals surface area contributed by atoms with Crippen LogP contribution in [0.15, 0.2) is 83.6 Å². The molecule has 7 nitrogen and oxygen atoms in total. The monoisotopic (exact) mass is 465 g/mol. The lowest BCUT2D eigenvalue weighted by molar-refractivity contribution is 0.0944. The third-order valence-corrected chi connectivity index (χ3v) is 5.78. The number of anilines is 1. The van der Waals surface area contributed by atoms with Gasteiger partial charge in [-0.05, 0) is 49.2 Å². The van der Waals surface area contributed by atoms with Crippen molar-refractivity contribution < 1.29 is 9.32 Å². The Morgan fingerprint density at radius 2 is 1.91 bits per heavy atom. The number of aromatic nitrogens is 2. The summed E-state index contributed by atoms with van der Waals surface area (Å²) >= 11 is 0. The van der Waals surface area contributed by atoms with Crippen LogP contribution in [0.2, 0.25) is 0 Å². The van der Waals surface area contributed by atoms with E-state index in [2.05, 4.69) is 51.5 Å². The number of benzene rings is 2. The molecule has 0 saturated heterocycles. The molecule has 0 aliphatic carbocycles. The molecule has 2 aromatic heterocycles. The summed E-state index contributed by atoms with van der Waals surface area (Å²) in [4.78, 5) is 19.0. The highest BCUT2D eigenvalue weighted by Gasteiger charge is 2.15. The minimum Gasteiger partial charge on any atom is -0.366 e. The number of carbonyl (C=O) groups is 1. The van der Waals surface area contributed by atoms with E-state index < -0.39 is 6.04 Å². The summed E-state index contributed by atoms with van der Waals surface area (Å²) in [5.74, 6) is 0.363. The van der Waals surface area contributed by atoms with Crippen LogP contribution >= 0.6 is 0 Å². The van der Waals surface area contributed by atoms with Crippen molar-refractivity contribution in [2.75, 3.05) is 11.4 Å². The van der Waals surface area contributed by atoms with Gasteiger partial charge in [-0.1, -0.05) is 42.4 Å². The first kappa shape index (κ1) is 23.7. The lowest BCUT2D eigenvalue weighted by Gasteiger charge is -2.22. The van der Waals surface area contributed by atoms with Gasteiger partial charge in [0.05, 0.1) is 18.0 Å². The summed E-state index contributed by atoms with van der Waals surface area (Å²) in [6, 6.07) is 22.8. The molecule has 7 heteroatoms. The quantitative estimate of drug-likeness (QED) is 0.353. The maximum atomic E-state index is 12.5. The second-order valence-electron chi connectivity index (χ2n) is 8.15. The van der Waals surface area contributed by atoms with Gasteiger partial charge in [0.1, 0.15) is 11.7 Å². The molecule has 0 aliphatic rings. The average Bonchev–Trinajstić information content (AvgIpc) is 3.41. The Balaban J connectivity index is 1.52. The highest BCUT2D eigenvalue weighted by Crippen LogP contribution is 2.28. The topological polar surface area (TPSA) is 95.1 Å². The van der Waals surface area contributed by atoms with Crippen LogP contribution in [0.25, 0.3) is 22.6 Å². The van der Waals surface area contributed by atoms with Gasteiger partial charge in [-0.3, -0.25) is 9.78 Å². The standard InChI is InChI=1S/C28H27N5O2/c1-3-24(17-29)31-28(34)23-11-6-9-21(15-23)26-16-27(35-32-26)22-10-5-8-20(14-22)19-33(4-2)25-12-7-13-30-18-25/h5-16,18,24H,3-4,19H2,1-2H3,(H,31,34). The first-order valence-electron chi connectivity index (χ1n) is 11.6. The van der Waals surface area contributed by atoms with E-state index in [1.807, 2.05) is 43.5 Å². The largest absolute Gasteiger partial charge is 0.366 e. The van der Waals surface area contributed by atoms with Crippen LogP contribution in [-0.4, -0.2) is 28.6 Å². The van der Waals surface area contributed by atoms with Gasteiger partial charge < -0.3 is 14.7 Å². The highest BCUT2D eigenvalue weighted by atomic mass is 16.5. The maximum absolute atomic E-state index is 12.5. The number of hydrogen-bond donors (Lipinski definition) is 1. The lowest BCUT2D eigenvalue weighted by Crippen LogP contribution is -2.33. The van der Waals surface area contributed by atoms with Crippen LogP contribution in [-0.2, 0) is 6.54 Å². The molecule has 0 saturated carbocycles. The zero-order chi connectivity index (χ0) is 24.6. The number of pyridine rings is 1. The summed E-state index contributed by atoms with van der Waals surface area (Å²) in [6.07, 6.45) is 4.19. The molecule has 35 heavy (non-hydrogen) atoms. The maximum Gasteiger partial charge on any atom is 0.252 e. The summed E-state index contributed by atoms with van der Waals surface area (Å²) in [7, 11) is 0. The van der Waals surface area contributed by atoms with Gasteiger partial charge in [0.25, 0.3) is 5.91 Å². The lowest BCUT2D eigenvalue weighted by atomic mass is 10.0. The molecular weight excluding hydrogens is 438 g/mol. The van der Waals surface area contributed by atoms with Crippen molar-refractivity contribution in [1.29, 1.82) is 5.26 Å². The first-order valence-corrected chi connectivity index (χ1v) is 11.6. The number of amides is 1. The first-order chi connectivity index (χ1) is 17.1. The number of nitrogens with one attached hydrogen (secondary N) is 1. The minimum absolute atomic E-state index is 0.286. The van der Waals surface area contributed by atoms with Crippen molar-refractivity contribution in [2.45, 2.75) is 32.9 Å². The van der Waals surface area contributed by atoms with Crippen molar-refractivity contribution in [3.05, 3.63) is 90.3 Å². The molecule has 2 heterocycles. The predicted molar refractivity (Wildman–Crippen MR) is 135 cm³/mol. The van der Waals surface area contributed by atoms with Gasteiger partial charge in [0.15, 0.2) is 5.76 Å². The molecular formula is C28H27N5O2. The number of carbonyl (C=O) groups excluding carboxylic acids is 1. The van der Waals surface area contributed by atoms with Crippen molar-refractivity contribution in [1.82, 2.24) is 15.5 Å². The second kappa shape index (κ2) is 11.1. The van der Waals surface area contributed by atoms with Crippen LogP contribution in [0.5, 0.6) is 0 Å². The Hall–Kier alpha value is -4.44. The molecule has 0 aliphatic heterocycles. The van der Waals surface area contributed by atoms with Gasteiger partial charge in [-0.2, -0.15) is 5.26 Å². The van der Waals surface area contributed by atoms with Crippen molar-refractivity contribution in [2.24, 2.45) is 0 Å². The van der Waals surface area contributed by atoms with E-state index in [0.717, 1.165) is 35.5 Å². The van der Waals surface area contributed by atoms with Gasteiger partial charge in [-0.15, -0.1) is 0 Å². The van der Waals surface area contributed by atoms with Crippen LogP contribution in [0, 0.1) is 11.3 Å². The molecule has 1 N–H and O–H groups in total. The second-order valence-corrected chi connectivity index (χ2v) is 8.15. The average molecular weight is 466 g/mol. The van der Waals surface area contributed by atoms with E-state index in [1.54, 1.807) is 24.4 Å². The van der Waals surface area contributed by atoms with E-state index in [-0.39, 0.29) is 5.91 Å². The molecule has 0 spiro atoms. The third kappa shape index (κ3) is 5.74. The number of hydrogen-bond acceptors (Lipinski definition) is 6. The van der Waals surface area contributed by atoms with Gasteiger partial charge in [0, 0.05) is 42.0 Å².